The Hall–Kier alpha value is -0.420. The van der Waals surface area contributed by atoms with E-state index in [2.05, 4.69) is 28.6 Å². The second-order valence-electron chi connectivity index (χ2n) is 5.28. The molecular formula is C14H22N2OS. The highest BCUT2D eigenvalue weighted by Gasteiger charge is 2.25. The molecule has 0 radical (unpaired) electrons. The minimum absolute atomic E-state index is 0.551. The van der Waals surface area contributed by atoms with Gasteiger partial charge in [0.05, 0.1) is 13.2 Å². The summed E-state index contributed by atoms with van der Waals surface area (Å²) in [4.78, 5) is 4.21. The number of morpholine rings is 1. The van der Waals surface area contributed by atoms with Gasteiger partial charge in [-0.3, -0.25) is 4.90 Å². The molecule has 0 bridgehead atoms. The summed E-state index contributed by atoms with van der Waals surface area (Å²) in [5.74, 6) is 0. The number of fused-ring (bicyclic) bond motifs is 1. The smallest absolute Gasteiger partial charge is 0.0620 e. The summed E-state index contributed by atoms with van der Waals surface area (Å²) in [6, 6.07) is 3.44. The predicted octanol–water partition coefficient (Wildman–Crippen LogP) is 2.05. The third kappa shape index (κ3) is 2.62. The summed E-state index contributed by atoms with van der Waals surface area (Å²) in [7, 11) is 0. The molecule has 3 rings (SSSR count). The molecule has 2 unspecified atom stereocenters. The molecule has 0 spiro atoms. The van der Waals surface area contributed by atoms with Crippen molar-refractivity contribution in [3.8, 4) is 0 Å². The Balaban J connectivity index is 1.54. The Morgan fingerprint density at radius 3 is 3.33 bits per heavy atom. The number of nitrogens with zero attached hydrogens (tertiary/aromatic N) is 1. The van der Waals surface area contributed by atoms with Crippen LogP contribution in [0.3, 0.4) is 0 Å². The fraction of sp³-hybridized carbons (Fsp3) is 0.714. The SMILES string of the molecule is CC1c2ccsc2CCN1CCC1COCCN1. The van der Waals surface area contributed by atoms with Gasteiger partial charge in [0.25, 0.3) is 0 Å². The Morgan fingerprint density at radius 2 is 2.50 bits per heavy atom. The van der Waals surface area contributed by atoms with Crippen LogP contribution in [0.4, 0.5) is 0 Å². The molecule has 0 aromatic carbocycles. The van der Waals surface area contributed by atoms with E-state index in [0.29, 0.717) is 12.1 Å². The van der Waals surface area contributed by atoms with Gasteiger partial charge in [-0.05, 0) is 36.8 Å². The molecule has 0 aliphatic carbocycles. The Kier molecular flexibility index (Phi) is 3.99. The fourth-order valence-corrected chi connectivity index (χ4v) is 3.96. The highest BCUT2D eigenvalue weighted by molar-refractivity contribution is 7.10. The van der Waals surface area contributed by atoms with E-state index in [1.165, 1.54) is 25.9 Å². The van der Waals surface area contributed by atoms with Gasteiger partial charge in [-0.1, -0.05) is 0 Å². The number of hydrogen-bond acceptors (Lipinski definition) is 4. The van der Waals surface area contributed by atoms with Crippen LogP contribution in [0.25, 0.3) is 0 Å². The van der Waals surface area contributed by atoms with Crippen molar-refractivity contribution >= 4 is 11.3 Å². The van der Waals surface area contributed by atoms with E-state index < -0.39 is 0 Å². The summed E-state index contributed by atoms with van der Waals surface area (Å²) < 4.78 is 5.51. The zero-order chi connectivity index (χ0) is 12.4. The van der Waals surface area contributed by atoms with E-state index in [1.807, 2.05) is 11.3 Å². The first kappa shape index (κ1) is 12.6. The maximum Gasteiger partial charge on any atom is 0.0620 e. The van der Waals surface area contributed by atoms with Gasteiger partial charge in [0.2, 0.25) is 0 Å². The molecule has 3 heterocycles. The van der Waals surface area contributed by atoms with Crippen LogP contribution in [-0.2, 0) is 11.2 Å². The molecular weight excluding hydrogens is 244 g/mol. The van der Waals surface area contributed by atoms with Crippen LogP contribution in [0.1, 0.15) is 29.8 Å². The molecule has 0 saturated carbocycles. The number of ether oxygens (including phenoxy) is 1. The molecule has 4 heteroatoms. The summed E-state index contributed by atoms with van der Waals surface area (Å²) in [5, 5.41) is 5.78. The molecule has 2 aliphatic heterocycles. The fourth-order valence-electron chi connectivity index (χ4n) is 2.99. The lowest BCUT2D eigenvalue weighted by Gasteiger charge is -2.35. The van der Waals surface area contributed by atoms with Gasteiger partial charge in [-0.15, -0.1) is 11.3 Å². The molecule has 0 amide bonds. The lowest BCUT2D eigenvalue weighted by molar-refractivity contribution is 0.0671. The number of nitrogens with one attached hydrogen (secondary N) is 1. The highest BCUT2D eigenvalue weighted by Crippen LogP contribution is 2.32. The quantitative estimate of drug-likeness (QED) is 0.906. The first-order valence-corrected chi connectivity index (χ1v) is 7.84. The van der Waals surface area contributed by atoms with E-state index in [4.69, 9.17) is 4.74 Å². The molecule has 3 nitrogen and oxygen atoms in total. The lowest BCUT2D eigenvalue weighted by Crippen LogP contribution is -2.44. The van der Waals surface area contributed by atoms with Crippen molar-refractivity contribution in [2.24, 2.45) is 0 Å². The van der Waals surface area contributed by atoms with Gasteiger partial charge in [0.15, 0.2) is 0 Å². The standard InChI is InChI=1S/C14H22N2OS/c1-11-13-4-9-18-14(13)3-7-16(11)6-2-12-10-17-8-5-15-12/h4,9,11-12,15H,2-3,5-8,10H2,1H3. The van der Waals surface area contributed by atoms with Crippen LogP contribution >= 0.6 is 11.3 Å². The molecule has 1 N–H and O–H groups in total. The average molecular weight is 266 g/mol. The van der Waals surface area contributed by atoms with Crippen molar-refractivity contribution in [3.63, 3.8) is 0 Å². The zero-order valence-corrected chi connectivity index (χ0v) is 11.8. The van der Waals surface area contributed by atoms with Gasteiger partial charge in [-0.25, -0.2) is 0 Å². The number of thiophene rings is 1. The summed E-state index contributed by atoms with van der Waals surface area (Å²) in [5.41, 5.74) is 1.55. The van der Waals surface area contributed by atoms with E-state index in [0.717, 1.165) is 19.8 Å². The predicted molar refractivity (Wildman–Crippen MR) is 75.2 cm³/mol. The monoisotopic (exact) mass is 266 g/mol. The molecule has 1 aromatic rings. The number of hydrogen-bond donors (Lipinski definition) is 1. The van der Waals surface area contributed by atoms with Crippen molar-refractivity contribution in [2.75, 3.05) is 32.8 Å². The van der Waals surface area contributed by atoms with Crippen molar-refractivity contribution in [1.29, 1.82) is 0 Å². The van der Waals surface area contributed by atoms with Crippen LogP contribution in [0.5, 0.6) is 0 Å². The van der Waals surface area contributed by atoms with Crippen LogP contribution in [-0.4, -0.2) is 43.8 Å². The third-order valence-electron chi connectivity index (χ3n) is 4.17. The largest absolute Gasteiger partial charge is 0.379 e. The Labute approximate surface area is 113 Å². The summed E-state index contributed by atoms with van der Waals surface area (Å²) >= 11 is 1.92. The van der Waals surface area contributed by atoms with Crippen molar-refractivity contribution < 1.29 is 4.74 Å². The van der Waals surface area contributed by atoms with Crippen molar-refractivity contribution in [2.45, 2.75) is 31.8 Å². The first-order chi connectivity index (χ1) is 8.84. The van der Waals surface area contributed by atoms with Crippen LogP contribution in [0, 0.1) is 0 Å². The molecule has 18 heavy (non-hydrogen) atoms. The molecule has 1 fully saturated rings. The van der Waals surface area contributed by atoms with Crippen molar-refractivity contribution in [1.82, 2.24) is 10.2 Å². The summed E-state index contributed by atoms with van der Waals surface area (Å²) in [6.07, 6.45) is 2.43. The molecule has 100 valence electrons. The highest BCUT2D eigenvalue weighted by atomic mass is 32.1. The van der Waals surface area contributed by atoms with Crippen LogP contribution in [0.15, 0.2) is 11.4 Å². The molecule has 2 aliphatic rings. The maximum absolute atomic E-state index is 5.51. The van der Waals surface area contributed by atoms with Gasteiger partial charge in [0.1, 0.15) is 0 Å². The minimum atomic E-state index is 0.551. The normalized spacial score (nSPS) is 29.2. The third-order valence-corrected chi connectivity index (χ3v) is 5.16. The first-order valence-electron chi connectivity index (χ1n) is 6.96. The minimum Gasteiger partial charge on any atom is -0.379 e. The van der Waals surface area contributed by atoms with E-state index in [-0.39, 0.29) is 0 Å². The summed E-state index contributed by atoms with van der Waals surface area (Å²) in [6.45, 7) is 7.49. The van der Waals surface area contributed by atoms with E-state index >= 15 is 0 Å². The van der Waals surface area contributed by atoms with Gasteiger partial charge < -0.3 is 10.1 Å². The van der Waals surface area contributed by atoms with Crippen LogP contribution < -0.4 is 5.32 Å². The second kappa shape index (κ2) is 5.70. The van der Waals surface area contributed by atoms with E-state index in [1.54, 1.807) is 10.4 Å². The molecule has 2 atom stereocenters. The van der Waals surface area contributed by atoms with Gasteiger partial charge >= 0.3 is 0 Å². The average Bonchev–Trinajstić information content (AvgIpc) is 2.88. The lowest BCUT2D eigenvalue weighted by atomic mass is 10.0. The number of rotatable bonds is 3. The maximum atomic E-state index is 5.51. The second-order valence-corrected chi connectivity index (χ2v) is 6.28. The van der Waals surface area contributed by atoms with Crippen LogP contribution in [0.2, 0.25) is 0 Å². The molecule has 1 saturated heterocycles. The Bertz CT molecular complexity index is 387. The van der Waals surface area contributed by atoms with Gasteiger partial charge in [-0.2, -0.15) is 0 Å². The van der Waals surface area contributed by atoms with E-state index in [9.17, 15) is 0 Å². The van der Waals surface area contributed by atoms with Gasteiger partial charge in [0, 0.05) is 36.6 Å². The van der Waals surface area contributed by atoms with Crippen molar-refractivity contribution in [3.05, 3.63) is 21.9 Å². The Morgan fingerprint density at radius 1 is 1.56 bits per heavy atom. The molecule has 1 aromatic heterocycles. The zero-order valence-electron chi connectivity index (χ0n) is 11.0. The topological polar surface area (TPSA) is 24.5 Å².